The molecule has 1 saturated carbocycles. The number of urea groups is 1. The molecule has 1 aliphatic carbocycles. The number of rotatable bonds is 6. The third-order valence-corrected chi connectivity index (χ3v) is 3.91. The predicted octanol–water partition coefficient (Wildman–Crippen LogP) is 1.65. The van der Waals surface area contributed by atoms with Gasteiger partial charge >= 0.3 is 6.03 Å². The average molecular weight is 272 g/mol. The van der Waals surface area contributed by atoms with E-state index < -0.39 is 0 Å². The number of amides is 2. The highest BCUT2D eigenvalue weighted by atomic mass is 16.5. The van der Waals surface area contributed by atoms with Crippen molar-refractivity contribution in [3.05, 3.63) is 0 Å². The van der Waals surface area contributed by atoms with Crippen LogP contribution in [0.2, 0.25) is 0 Å². The number of methoxy groups -OCH3 is 1. The first kappa shape index (κ1) is 16.2. The highest BCUT2D eigenvalue weighted by Crippen LogP contribution is 2.23. The largest absolute Gasteiger partial charge is 0.396 e. The van der Waals surface area contributed by atoms with Crippen molar-refractivity contribution >= 4 is 6.03 Å². The van der Waals surface area contributed by atoms with E-state index in [0.29, 0.717) is 6.61 Å². The minimum atomic E-state index is -0.144. The molecule has 19 heavy (non-hydrogen) atoms. The van der Waals surface area contributed by atoms with Crippen molar-refractivity contribution in [3.8, 4) is 0 Å². The maximum Gasteiger partial charge on any atom is 0.315 e. The van der Waals surface area contributed by atoms with E-state index in [9.17, 15) is 9.90 Å². The Bertz CT molecular complexity index is 261. The normalized spacial score (nSPS) is 25.4. The van der Waals surface area contributed by atoms with Crippen LogP contribution >= 0.6 is 0 Å². The number of carbonyl (C=O) groups excluding carboxylic acids is 1. The van der Waals surface area contributed by atoms with Crippen molar-refractivity contribution in [1.29, 1.82) is 0 Å². The van der Waals surface area contributed by atoms with Crippen molar-refractivity contribution in [2.75, 3.05) is 20.3 Å². The van der Waals surface area contributed by atoms with Crippen molar-refractivity contribution in [2.24, 2.45) is 5.92 Å². The summed E-state index contributed by atoms with van der Waals surface area (Å²) in [7, 11) is 1.63. The maximum atomic E-state index is 12.0. The molecule has 3 atom stereocenters. The number of ether oxygens (including phenoxy) is 1. The molecule has 0 aromatic heterocycles. The summed E-state index contributed by atoms with van der Waals surface area (Å²) in [6.45, 7) is 2.70. The molecule has 0 spiro atoms. The molecule has 5 nitrogen and oxygen atoms in total. The Labute approximate surface area is 116 Å². The fourth-order valence-corrected chi connectivity index (χ4v) is 2.65. The quantitative estimate of drug-likeness (QED) is 0.644. The molecule has 2 amide bonds. The number of carbonyl (C=O) groups is 1. The van der Waals surface area contributed by atoms with Gasteiger partial charge in [0.2, 0.25) is 0 Å². The number of hydrogen-bond donors (Lipinski definition) is 3. The standard InChI is InChI=1S/C14H28N2O3/c1-3-12(10-19-2)15-14(18)16-13-8-6-4-5-7-11(13)9-17/h11-13,17H,3-10H2,1-2H3,(H2,15,16,18). The fourth-order valence-electron chi connectivity index (χ4n) is 2.65. The Morgan fingerprint density at radius 3 is 2.74 bits per heavy atom. The Balaban J connectivity index is 2.44. The predicted molar refractivity (Wildman–Crippen MR) is 75.1 cm³/mol. The molecule has 3 unspecified atom stereocenters. The molecular weight excluding hydrogens is 244 g/mol. The van der Waals surface area contributed by atoms with E-state index in [1.165, 1.54) is 6.42 Å². The zero-order valence-electron chi connectivity index (χ0n) is 12.2. The van der Waals surface area contributed by atoms with Gasteiger partial charge in [0.1, 0.15) is 0 Å². The molecule has 112 valence electrons. The monoisotopic (exact) mass is 272 g/mol. The molecule has 0 aromatic carbocycles. The number of aliphatic hydroxyl groups excluding tert-OH is 1. The molecule has 5 heteroatoms. The number of hydrogen-bond acceptors (Lipinski definition) is 3. The summed E-state index contributed by atoms with van der Waals surface area (Å²) >= 11 is 0. The summed E-state index contributed by atoms with van der Waals surface area (Å²) in [4.78, 5) is 12.0. The van der Waals surface area contributed by atoms with Crippen LogP contribution in [0.4, 0.5) is 4.79 Å². The lowest BCUT2D eigenvalue weighted by molar-refractivity contribution is 0.157. The zero-order valence-corrected chi connectivity index (χ0v) is 12.2. The lowest BCUT2D eigenvalue weighted by Crippen LogP contribution is -2.49. The first-order chi connectivity index (χ1) is 9.21. The maximum absolute atomic E-state index is 12.0. The molecular formula is C14H28N2O3. The van der Waals surface area contributed by atoms with E-state index in [1.807, 2.05) is 6.92 Å². The number of aliphatic hydroxyl groups is 1. The fraction of sp³-hybridized carbons (Fsp3) is 0.929. The summed E-state index contributed by atoms with van der Waals surface area (Å²) in [6.07, 6.45) is 6.26. The molecule has 0 bridgehead atoms. The van der Waals surface area contributed by atoms with E-state index in [-0.39, 0.29) is 30.6 Å². The molecule has 1 rings (SSSR count). The van der Waals surface area contributed by atoms with Gasteiger partial charge < -0.3 is 20.5 Å². The summed E-state index contributed by atoms with van der Waals surface area (Å²) in [6, 6.07) is -0.00912. The highest BCUT2D eigenvalue weighted by molar-refractivity contribution is 5.74. The molecule has 1 aliphatic rings. The van der Waals surface area contributed by atoms with E-state index >= 15 is 0 Å². The first-order valence-electron chi connectivity index (χ1n) is 7.38. The van der Waals surface area contributed by atoms with Gasteiger partial charge in [0.25, 0.3) is 0 Å². The summed E-state index contributed by atoms with van der Waals surface area (Å²) < 4.78 is 5.07. The third kappa shape index (κ3) is 5.78. The molecule has 0 aromatic rings. The third-order valence-electron chi connectivity index (χ3n) is 3.91. The van der Waals surface area contributed by atoms with Gasteiger partial charge in [-0.25, -0.2) is 4.79 Å². The minimum absolute atomic E-state index is 0.0448. The average Bonchev–Trinajstić information content (AvgIpc) is 2.63. The van der Waals surface area contributed by atoms with Gasteiger partial charge in [0, 0.05) is 25.7 Å². The van der Waals surface area contributed by atoms with E-state index in [1.54, 1.807) is 7.11 Å². The van der Waals surface area contributed by atoms with Crippen LogP contribution < -0.4 is 10.6 Å². The highest BCUT2D eigenvalue weighted by Gasteiger charge is 2.25. The topological polar surface area (TPSA) is 70.6 Å². The zero-order chi connectivity index (χ0) is 14.1. The molecule has 0 heterocycles. The number of nitrogens with one attached hydrogen (secondary N) is 2. The van der Waals surface area contributed by atoms with Gasteiger partial charge in [-0.2, -0.15) is 0 Å². The van der Waals surface area contributed by atoms with Crippen molar-refractivity contribution in [2.45, 2.75) is 57.5 Å². The summed E-state index contributed by atoms with van der Waals surface area (Å²) in [5, 5.41) is 15.4. The van der Waals surface area contributed by atoms with Crippen molar-refractivity contribution in [1.82, 2.24) is 10.6 Å². The van der Waals surface area contributed by atoms with Crippen LogP contribution in [0.15, 0.2) is 0 Å². The van der Waals surface area contributed by atoms with E-state index in [0.717, 1.165) is 32.1 Å². The summed E-state index contributed by atoms with van der Waals surface area (Å²) in [5.74, 6) is 0.191. The smallest absolute Gasteiger partial charge is 0.315 e. The molecule has 0 saturated heterocycles. The lowest BCUT2D eigenvalue weighted by Gasteiger charge is -2.26. The van der Waals surface area contributed by atoms with Crippen LogP contribution in [-0.2, 0) is 4.74 Å². The minimum Gasteiger partial charge on any atom is -0.396 e. The second-order valence-electron chi connectivity index (χ2n) is 5.37. The van der Waals surface area contributed by atoms with Gasteiger partial charge in [-0.3, -0.25) is 0 Å². The summed E-state index contributed by atoms with van der Waals surface area (Å²) in [5.41, 5.74) is 0. The first-order valence-corrected chi connectivity index (χ1v) is 7.38. The molecule has 0 aliphatic heterocycles. The van der Waals surface area contributed by atoms with Crippen LogP contribution in [0.1, 0.15) is 45.4 Å². The lowest BCUT2D eigenvalue weighted by atomic mass is 9.96. The Hall–Kier alpha value is -0.810. The second kappa shape index (κ2) is 9.15. The van der Waals surface area contributed by atoms with Gasteiger partial charge in [-0.05, 0) is 19.3 Å². The van der Waals surface area contributed by atoms with Gasteiger partial charge in [-0.15, -0.1) is 0 Å². The van der Waals surface area contributed by atoms with Crippen molar-refractivity contribution in [3.63, 3.8) is 0 Å². The van der Waals surface area contributed by atoms with Gasteiger partial charge in [-0.1, -0.05) is 26.2 Å². The SMILES string of the molecule is CCC(COC)NC(=O)NC1CCCCCC1CO. The van der Waals surface area contributed by atoms with E-state index in [4.69, 9.17) is 4.74 Å². The van der Waals surface area contributed by atoms with Crippen LogP contribution in [0.3, 0.4) is 0 Å². The Morgan fingerprint density at radius 2 is 2.11 bits per heavy atom. The van der Waals surface area contributed by atoms with Crippen LogP contribution in [-0.4, -0.2) is 43.5 Å². The van der Waals surface area contributed by atoms with E-state index in [2.05, 4.69) is 10.6 Å². The molecule has 0 radical (unpaired) electrons. The van der Waals surface area contributed by atoms with Crippen LogP contribution in [0.25, 0.3) is 0 Å². The second-order valence-corrected chi connectivity index (χ2v) is 5.37. The molecule has 1 fully saturated rings. The van der Waals surface area contributed by atoms with Crippen LogP contribution in [0, 0.1) is 5.92 Å². The van der Waals surface area contributed by atoms with Crippen molar-refractivity contribution < 1.29 is 14.6 Å². The Kier molecular flexibility index (Phi) is 7.82. The van der Waals surface area contributed by atoms with Gasteiger partial charge in [0.05, 0.1) is 12.6 Å². The Morgan fingerprint density at radius 1 is 1.37 bits per heavy atom. The van der Waals surface area contributed by atoms with Gasteiger partial charge in [0.15, 0.2) is 0 Å². The van der Waals surface area contributed by atoms with Crippen LogP contribution in [0.5, 0.6) is 0 Å². The molecule has 3 N–H and O–H groups in total.